The lowest BCUT2D eigenvalue weighted by atomic mass is 10.1. The largest absolute Gasteiger partial charge is 0.461 e. The normalized spacial score (nSPS) is 18.7. The number of hydrogen-bond acceptors (Lipinski definition) is 12. The fourth-order valence-corrected chi connectivity index (χ4v) is 4.73. The van der Waals surface area contributed by atoms with Gasteiger partial charge >= 0.3 is 29.6 Å². The van der Waals surface area contributed by atoms with Crippen LogP contribution in [0.15, 0.2) is 97.2 Å². The molecule has 0 N–H and O–H groups in total. The van der Waals surface area contributed by atoms with E-state index in [4.69, 9.17) is 23.7 Å². The first-order valence-corrected chi connectivity index (χ1v) is 14.1. The van der Waals surface area contributed by atoms with E-state index in [2.05, 4.69) is 5.10 Å². The zero-order valence-corrected chi connectivity index (χ0v) is 24.3. The molecule has 4 atom stereocenters. The Morgan fingerprint density at radius 3 is 1.76 bits per heavy atom. The lowest BCUT2D eigenvalue weighted by Crippen LogP contribution is -2.41. The second-order valence-electron chi connectivity index (χ2n) is 9.80. The average molecular weight is 630 g/mol. The maximum absolute atomic E-state index is 13.3. The van der Waals surface area contributed by atoms with Crippen molar-refractivity contribution in [3.05, 3.63) is 130 Å². The van der Waals surface area contributed by atoms with E-state index in [9.17, 15) is 29.3 Å². The van der Waals surface area contributed by atoms with Crippen molar-refractivity contribution in [2.45, 2.75) is 31.5 Å². The molecule has 0 bridgehead atoms. The minimum absolute atomic E-state index is 0.117. The summed E-state index contributed by atoms with van der Waals surface area (Å²) in [5.41, 5.74) is -0.791. The van der Waals surface area contributed by atoms with E-state index < -0.39 is 71.3 Å². The van der Waals surface area contributed by atoms with Crippen molar-refractivity contribution in [2.24, 2.45) is 0 Å². The second kappa shape index (κ2) is 14.3. The third kappa shape index (κ3) is 6.92. The molecular weight excluding hydrogens is 602 g/mol. The van der Waals surface area contributed by atoms with Gasteiger partial charge in [-0.25, -0.2) is 23.9 Å². The van der Waals surface area contributed by atoms with E-state index in [1.165, 1.54) is 43.3 Å². The number of hydrogen-bond donors (Lipinski definition) is 0. The van der Waals surface area contributed by atoms with E-state index in [0.717, 1.165) is 10.9 Å². The molecule has 0 aliphatic carbocycles. The summed E-state index contributed by atoms with van der Waals surface area (Å²) in [4.78, 5) is 63.4. The standard InChI is InChI=1S/C32H27N3O11/c1-2-42-32(39)25-23(35(40)41)18-33-34(25)28-27(46-31(38)22-16-10-5-11-17-22)26(45-30(37)21-14-8-4-9-15-21)24(44-28)19-43-29(36)20-12-6-3-7-13-20/h3-18,24,26-28H,2,19H2,1H3/t24-,26-,27+,28+/m1/s1. The first kappa shape index (κ1) is 31.5. The minimum atomic E-state index is -1.57. The lowest BCUT2D eigenvalue weighted by molar-refractivity contribution is -0.385. The van der Waals surface area contributed by atoms with Crippen LogP contribution in [0.2, 0.25) is 0 Å². The number of carbonyl (C=O) groups is 4. The van der Waals surface area contributed by atoms with Crippen molar-refractivity contribution in [3.63, 3.8) is 0 Å². The Morgan fingerprint density at radius 1 is 0.761 bits per heavy atom. The van der Waals surface area contributed by atoms with Gasteiger partial charge in [-0.05, 0) is 43.3 Å². The maximum atomic E-state index is 13.3. The molecule has 0 saturated carbocycles. The summed E-state index contributed by atoms with van der Waals surface area (Å²) in [6.07, 6.45) is -5.05. The quantitative estimate of drug-likeness (QED) is 0.100. The molecule has 14 heteroatoms. The summed E-state index contributed by atoms with van der Waals surface area (Å²) in [6, 6.07) is 23.9. The van der Waals surface area contributed by atoms with Crippen molar-refractivity contribution >= 4 is 29.6 Å². The highest BCUT2D eigenvalue weighted by atomic mass is 16.7. The number of nitro groups is 1. The Balaban J connectivity index is 1.56. The Labute approximate surface area is 261 Å². The summed E-state index contributed by atoms with van der Waals surface area (Å²) in [5.74, 6) is -3.51. The van der Waals surface area contributed by atoms with Gasteiger partial charge in [-0.3, -0.25) is 10.1 Å². The molecule has 0 amide bonds. The van der Waals surface area contributed by atoms with Gasteiger partial charge in [0.15, 0.2) is 18.4 Å². The zero-order valence-electron chi connectivity index (χ0n) is 24.3. The molecule has 5 rings (SSSR count). The number of carbonyl (C=O) groups excluding carboxylic acids is 4. The topological polar surface area (TPSA) is 175 Å². The Kier molecular flexibility index (Phi) is 9.78. The van der Waals surface area contributed by atoms with Crippen molar-refractivity contribution in [1.82, 2.24) is 9.78 Å². The van der Waals surface area contributed by atoms with Gasteiger partial charge in [0.1, 0.15) is 18.9 Å². The van der Waals surface area contributed by atoms with E-state index in [-0.39, 0.29) is 23.3 Å². The predicted molar refractivity (Wildman–Crippen MR) is 157 cm³/mol. The third-order valence-corrected chi connectivity index (χ3v) is 6.86. The molecule has 1 aliphatic heterocycles. The minimum Gasteiger partial charge on any atom is -0.461 e. The third-order valence-electron chi connectivity index (χ3n) is 6.86. The molecule has 1 saturated heterocycles. The number of ether oxygens (including phenoxy) is 5. The number of esters is 4. The van der Waals surface area contributed by atoms with Crippen LogP contribution >= 0.6 is 0 Å². The highest BCUT2D eigenvalue weighted by Crippen LogP contribution is 2.37. The maximum Gasteiger partial charge on any atom is 0.363 e. The van der Waals surface area contributed by atoms with E-state index in [1.54, 1.807) is 54.6 Å². The molecular formula is C32H27N3O11. The average Bonchev–Trinajstić information content (AvgIpc) is 3.67. The van der Waals surface area contributed by atoms with Gasteiger partial charge in [0.25, 0.3) is 0 Å². The molecule has 46 heavy (non-hydrogen) atoms. The second-order valence-corrected chi connectivity index (χ2v) is 9.80. The zero-order chi connectivity index (χ0) is 32.6. The smallest absolute Gasteiger partial charge is 0.363 e. The van der Waals surface area contributed by atoms with Crippen LogP contribution in [-0.2, 0) is 23.7 Å². The van der Waals surface area contributed by atoms with Crippen LogP contribution in [0.25, 0.3) is 0 Å². The molecule has 1 fully saturated rings. The molecule has 1 aromatic heterocycles. The molecule has 3 aromatic carbocycles. The van der Waals surface area contributed by atoms with Gasteiger partial charge in [0, 0.05) is 0 Å². The van der Waals surface area contributed by atoms with Crippen molar-refractivity contribution in [1.29, 1.82) is 0 Å². The molecule has 4 aromatic rings. The van der Waals surface area contributed by atoms with E-state index in [1.807, 2.05) is 0 Å². The monoisotopic (exact) mass is 629 g/mol. The molecule has 236 valence electrons. The summed E-state index contributed by atoms with van der Waals surface area (Å²) >= 11 is 0. The summed E-state index contributed by atoms with van der Waals surface area (Å²) in [6.45, 7) is 0.889. The lowest BCUT2D eigenvalue weighted by Gasteiger charge is -2.25. The van der Waals surface area contributed by atoms with Gasteiger partial charge in [-0.15, -0.1) is 0 Å². The van der Waals surface area contributed by atoms with Crippen molar-refractivity contribution < 1.29 is 47.8 Å². The Bertz CT molecular complexity index is 1710. The van der Waals surface area contributed by atoms with Gasteiger partial charge in [0.2, 0.25) is 5.69 Å². The van der Waals surface area contributed by atoms with E-state index in [0.29, 0.717) is 0 Å². The van der Waals surface area contributed by atoms with Gasteiger partial charge in [0.05, 0.1) is 28.2 Å². The highest BCUT2D eigenvalue weighted by Gasteiger charge is 2.53. The van der Waals surface area contributed by atoms with Crippen molar-refractivity contribution in [2.75, 3.05) is 13.2 Å². The van der Waals surface area contributed by atoms with Crippen LogP contribution in [0, 0.1) is 10.1 Å². The fraction of sp³-hybridized carbons (Fsp3) is 0.219. The van der Waals surface area contributed by atoms with Crippen molar-refractivity contribution in [3.8, 4) is 0 Å². The Morgan fingerprint density at radius 2 is 1.26 bits per heavy atom. The molecule has 1 aliphatic rings. The fourth-order valence-electron chi connectivity index (χ4n) is 4.73. The predicted octanol–water partition coefficient (Wildman–Crippen LogP) is 4.17. The molecule has 14 nitrogen and oxygen atoms in total. The first-order chi connectivity index (χ1) is 22.3. The van der Waals surface area contributed by atoms with Crippen LogP contribution in [0.4, 0.5) is 5.69 Å². The summed E-state index contributed by atoms with van der Waals surface area (Å²) < 4.78 is 29.2. The molecule has 0 unspecified atom stereocenters. The van der Waals surface area contributed by atoms with E-state index >= 15 is 0 Å². The van der Waals surface area contributed by atoms with Gasteiger partial charge in [-0.2, -0.15) is 5.10 Å². The first-order valence-electron chi connectivity index (χ1n) is 14.1. The van der Waals surface area contributed by atoms with Crippen LogP contribution in [0.5, 0.6) is 0 Å². The summed E-state index contributed by atoms with van der Waals surface area (Å²) in [5, 5.41) is 15.8. The molecule has 0 radical (unpaired) electrons. The SMILES string of the molecule is CCOC(=O)c1c([N+](=O)[O-])cnn1[C@H]1O[C@H](COC(=O)c2ccccc2)[C@@H](OC(=O)c2ccccc2)[C@@H]1OC(=O)c1ccccc1. The summed E-state index contributed by atoms with van der Waals surface area (Å²) in [7, 11) is 0. The van der Waals surface area contributed by atoms with Gasteiger partial charge in [-0.1, -0.05) is 54.6 Å². The number of aromatic nitrogens is 2. The number of rotatable bonds is 11. The number of benzene rings is 3. The molecule has 2 heterocycles. The van der Waals surface area contributed by atoms with Crippen LogP contribution in [-0.4, -0.2) is 70.1 Å². The van der Waals surface area contributed by atoms with Crippen LogP contribution < -0.4 is 0 Å². The van der Waals surface area contributed by atoms with Crippen LogP contribution in [0.1, 0.15) is 54.7 Å². The van der Waals surface area contributed by atoms with Gasteiger partial charge < -0.3 is 23.7 Å². The Hall–Kier alpha value is -5.89. The van der Waals surface area contributed by atoms with Crippen LogP contribution in [0.3, 0.4) is 0 Å². The number of nitrogens with zero attached hydrogens (tertiary/aromatic N) is 3. The highest BCUT2D eigenvalue weighted by molar-refractivity contribution is 5.92. The molecule has 0 spiro atoms.